The molecular weight excluding hydrogens is 321 g/mol. The predicted octanol–water partition coefficient (Wildman–Crippen LogP) is 4.49. The predicted molar refractivity (Wildman–Crippen MR) is 90.0 cm³/mol. The van der Waals surface area contributed by atoms with Gasteiger partial charge in [-0.1, -0.05) is 48.9 Å². The van der Waals surface area contributed by atoms with Crippen LogP contribution >= 0.6 is 23.4 Å². The van der Waals surface area contributed by atoms with Gasteiger partial charge in [0.2, 0.25) is 5.91 Å². The Morgan fingerprint density at radius 2 is 2.00 bits per heavy atom. The van der Waals surface area contributed by atoms with Crippen molar-refractivity contribution < 1.29 is 9.18 Å². The molecule has 2 aromatic carbocycles. The van der Waals surface area contributed by atoms with E-state index in [1.54, 1.807) is 6.07 Å². The summed E-state index contributed by atoms with van der Waals surface area (Å²) in [5, 5.41) is 2.98. The Bertz CT molecular complexity index is 636. The molecule has 0 aliphatic rings. The average Bonchev–Trinajstić information content (AvgIpc) is 2.54. The minimum Gasteiger partial charge on any atom is -0.355 e. The monoisotopic (exact) mass is 337 g/mol. The Kier molecular flexibility index (Phi) is 6.28. The third kappa shape index (κ3) is 5.04. The van der Waals surface area contributed by atoms with Gasteiger partial charge in [-0.2, -0.15) is 0 Å². The molecule has 0 unspecified atom stereocenters. The second kappa shape index (κ2) is 8.20. The number of halogens is 2. The number of amides is 1. The van der Waals surface area contributed by atoms with Crippen molar-refractivity contribution in [3.05, 3.63) is 64.9 Å². The van der Waals surface area contributed by atoms with Crippen LogP contribution < -0.4 is 5.32 Å². The van der Waals surface area contributed by atoms with Crippen molar-refractivity contribution in [1.29, 1.82) is 0 Å². The number of hydrogen-bond acceptors (Lipinski definition) is 2. The molecule has 0 saturated carbocycles. The summed E-state index contributed by atoms with van der Waals surface area (Å²) in [5.74, 6) is 0.0412. The van der Waals surface area contributed by atoms with Crippen LogP contribution in [0.15, 0.2) is 53.4 Å². The lowest BCUT2D eigenvalue weighted by Crippen LogP contribution is -2.28. The summed E-state index contributed by atoms with van der Waals surface area (Å²) in [6.07, 6.45) is 0. The first-order chi connectivity index (χ1) is 10.6. The van der Waals surface area contributed by atoms with E-state index in [-0.39, 0.29) is 22.6 Å². The van der Waals surface area contributed by atoms with Crippen molar-refractivity contribution in [1.82, 2.24) is 5.32 Å². The van der Waals surface area contributed by atoms with E-state index in [0.717, 1.165) is 4.90 Å². The Labute approximate surface area is 139 Å². The van der Waals surface area contributed by atoms with Gasteiger partial charge >= 0.3 is 0 Å². The normalized spacial score (nSPS) is 12.0. The second-order valence-electron chi connectivity index (χ2n) is 4.98. The van der Waals surface area contributed by atoms with Crippen LogP contribution in [-0.2, 0) is 4.79 Å². The Hall–Kier alpha value is -1.52. The quantitative estimate of drug-likeness (QED) is 0.787. The second-order valence-corrected chi connectivity index (χ2v) is 6.44. The summed E-state index contributed by atoms with van der Waals surface area (Å²) in [6.45, 7) is 2.66. The van der Waals surface area contributed by atoms with Crippen LogP contribution in [0.1, 0.15) is 18.4 Å². The van der Waals surface area contributed by atoms with Gasteiger partial charge in [-0.15, -0.1) is 11.8 Å². The molecule has 1 amide bonds. The first-order valence-electron chi connectivity index (χ1n) is 6.95. The first-order valence-corrected chi connectivity index (χ1v) is 8.32. The first kappa shape index (κ1) is 16.8. The van der Waals surface area contributed by atoms with Gasteiger partial charge in [0.1, 0.15) is 5.82 Å². The van der Waals surface area contributed by atoms with Crippen LogP contribution in [0.25, 0.3) is 0 Å². The molecule has 0 saturated heterocycles. The number of thioether (sulfide) groups is 1. The molecule has 22 heavy (non-hydrogen) atoms. The summed E-state index contributed by atoms with van der Waals surface area (Å²) in [5.41, 5.74) is 1.20. The van der Waals surface area contributed by atoms with Crippen molar-refractivity contribution in [2.45, 2.75) is 17.7 Å². The number of hydrogen-bond donors (Lipinski definition) is 1. The van der Waals surface area contributed by atoms with Crippen molar-refractivity contribution in [3.63, 3.8) is 0 Å². The summed E-state index contributed by atoms with van der Waals surface area (Å²) >= 11 is 7.05. The molecule has 1 atom stereocenters. The van der Waals surface area contributed by atoms with Gasteiger partial charge in [0, 0.05) is 11.4 Å². The molecule has 0 spiro atoms. The summed E-state index contributed by atoms with van der Waals surface area (Å²) in [7, 11) is 0. The van der Waals surface area contributed by atoms with Crippen molar-refractivity contribution in [2.75, 3.05) is 12.3 Å². The summed E-state index contributed by atoms with van der Waals surface area (Å²) < 4.78 is 13.0. The van der Waals surface area contributed by atoms with Gasteiger partial charge in [-0.3, -0.25) is 4.79 Å². The van der Waals surface area contributed by atoms with E-state index < -0.39 is 5.82 Å². The lowest BCUT2D eigenvalue weighted by atomic mass is 10.0. The number of carbonyl (C=O) groups is 1. The van der Waals surface area contributed by atoms with Crippen LogP contribution in [0.3, 0.4) is 0 Å². The van der Waals surface area contributed by atoms with E-state index in [4.69, 9.17) is 11.6 Å². The molecule has 5 heteroatoms. The highest BCUT2D eigenvalue weighted by Gasteiger charge is 2.08. The van der Waals surface area contributed by atoms with Gasteiger partial charge in [-0.05, 0) is 29.7 Å². The molecule has 0 heterocycles. The van der Waals surface area contributed by atoms with Gasteiger partial charge in [0.15, 0.2) is 0 Å². The molecule has 116 valence electrons. The van der Waals surface area contributed by atoms with E-state index in [2.05, 4.69) is 12.2 Å². The Balaban J connectivity index is 1.77. The number of carbonyl (C=O) groups excluding carboxylic acids is 1. The van der Waals surface area contributed by atoms with Crippen molar-refractivity contribution >= 4 is 29.3 Å². The summed E-state index contributed by atoms with van der Waals surface area (Å²) in [4.78, 5) is 12.6. The van der Waals surface area contributed by atoms with E-state index in [0.29, 0.717) is 6.54 Å². The van der Waals surface area contributed by atoms with Gasteiger partial charge in [0.05, 0.1) is 10.8 Å². The molecule has 2 aromatic rings. The lowest BCUT2D eigenvalue weighted by Gasteiger charge is -2.13. The van der Waals surface area contributed by atoms with Crippen molar-refractivity contribution in [3.8, 4) is 0 Å². The molecule has 0 bridgehead atoms. The Morgan fingerprint density at radius 3 is 2.68 bits per heavy atom. The number of nitrogens with one attached hydrogen (secondary N) is 1. The van der Waals surface area contributed by atoms with Crippen molar-refractivity contribution in [2.24, 2.45) is 0 Å². The maximum Gasteiger partial charge on any atom is 0.230 e. The molecule has 1 N–H and O–H groups in total. The minimum atomic E-state index is -0.452. The zero-order valence-corrected chi connectivity index (χ0v) is 13.8. The SMILES string of the molecule is C[C@@H](CNC(=O)CSc1ccc(F)c(Cl)c1)c1ccccc1. The topological polar surface area (TPSA) is 29.1 Å². The van der Waals surface area contributed by atoms with E-state index in [9.17, 15) is 9.18 Å². The highest BCUT2D eigenvalue weighted by molar-refractivity contribution is 8.00. The molecule has 0 radical (unpaired) electrons. The minimum absolute atomic E-state index is 0.0479. The van der Waals surface area contributed by atoms with E-state index in [1.165, 1.54) is 29.5 Å². The maximum absolute atomic E-state index is 13.0. The average molecular weight is 338 g/mol. The zero-order valence-electron chi connectivity index (χ0n) is 12.2. The van der Waals surface area contributed by atoms with E-state index in [1.807, 2.05) is 30.3 Å². The third-order valence-electron chi connectivity index (χ3n) is 3.24. The van der Waals surface area contributed by atoms with Crippen LogP contribution in [-0.4, -0.2) is 18.2 Å². The molecular formula is C17H17ClFNOS. The fraction of sp³-hybridized carbons (Fsp3) is 0.235. The van der Waals surface area contributed by atoms with Crippen LogP contribution in [0.5, 0.6) is 0 Å². The molecule has 2 rings (SSSR count). The standard InChI is InChI=1S/C17H17ClFNOS/c1-12(13-5-3-2-4-6-13)10-20-17(21)11-22-14-7-8-16(19)15(18)9-14/h2-9,12H,10-11H2,1H3,(H,20,21)/t12-/m0/s1. The smallest absolute Gasteiger partial charge is 0.230 e. The highest BCUT2D eigenvalue weighted by atomic mass is 35.5. The maximum atomic E-state index is 13.0. The zero-order chi connectivity index (χ0) is 15.9. The van der Waals surface area contributed by atoms with Gasteiger partial charge < -0.3 is 5.32 Å². The largest absolute Gasteiger partial charge is 0.355 e. The van der Waals surface area contributed by atoms with E-state index >= 15 is 0 Å². The molecule has 0 fully saturated rings. The van der Waals surface area contributed by atoms with Gasteiger partial charge in [0.25, 0.3) is 0 Å². The highest BCUT2D eigenvalue weighted by Crippen LogP contribution is 2.23. The molecule has 0 aliphatic heterocycles. The lowest BCUT2D eigenvalue weighted by molar-refractivity contribution is -0.118. The molecule has 2 nitrogen and oxygen atoms in total. The fourth-order valence-corrected chi connectivity index (χ4v) is 2.94. The molecule has 0 aliphatic carbocycles. The fourth-order valence-electron chi connectivity index (χ4n) is 1.93. The van der Waals surface area contributed by atoms with Crippen LogP contribution in [0.4, 0.5) is 4.39 Å². The number of benzene rings is 2. The third-order valence-corrected chi connectivity index (χ3v) is 4.52. The van der Waals surface area contributed by atoms with Crippen LogP contribution in [0.2, 0.25) is 5.02 Å². The van der Waals surface area contributed by atoms with Gasteiger partial charge in [-0.25, -0.2) is 4.39 Å². The van der Waals surface area contributed by atoms with Crippen LogP contribution in [0, 0.1) is 5.82 Å². The summed E-state index contributed by atoms with van der Waals surface area (Å²) in [6, 6.07) is 14.5. The number of rotatable bonds is 6. The molecule has 0 aromatic heterocycles. The Morgan fingerprint density at radius 1 is 1.27 bits per heavy atom.